The van der Waals surface area contributed by atoms with Gasteiger partial charge in [0.15, 0.2) is 6.20 Å². The molecule has 2 rings (SSSR count). The molecule has 0 aliphatic heterocycles. The van der Waals surface area contributed by atoms with Crippen LogP contribution in [0, 0.1) is 5.92 Å². The fourth-order valence-electron chi connectivity index (χ4n) is 3.08. The van der Waals surface area contributed by atoms with Crippen LogP contribution in [0.1, 0.15) is 66.4 Å². The third-order valence-electron chi connectivity index (χ3n) is 5.85. The summed E-state index contributed by atoms with van der Waals surface area (Å²) in [6.07, 6.45) is 9.63. The Labute approximate surface area is 185 Å². The van der Waals surface area contributed by atoms with Crippen molar-refractivity contribution in [1.29, 1.82) is 0 Å². The summed E-state index contributed by atoms with van der Waals surface area (Å²) >= 11 is 0. The van der Waals surface area contributed by atoms with Gasteiger partial charge in [0.1, 0.15) is 6.72 Å². The Hall–Kier alpha value is -2.42. The van der Waals surface area contributed by atoms with E-state index < -0.39 is 0 Å². The van der Waals surface area contributed by atoms with Crippen molar-refractivity contribution in [3.8, 4) is 11.3 Å². The van der Waals surface area contributed by atoms with E-state index in [2.05, 4.69) is 71.4 Å². The van der Waals surface area contributed by atoms with E-state index in [9.17, 15) is 0 Å². The van der Waals surface area contributed by atoms with Crippen LogP contribution in [0.5, 0.6) is 0 Å². The van der Waals surface area contributed by atoms with Gasteiger partial charge in [0, 0.05) is 37.5 Å². The molecule has 0 amide bonds. The Morgan fingerprint density at radius 2 is 1.77 bits per heavy atom. The molecule has 1 heterocycles. The summed E-state index contributed by atoms with van der Waals surface area (Å²) < 4.78 is 1.96. The van der Waals surface area contributed by atoms with Gasteiger partial charge in [0.25, 0.3) is 0 Å². The van der Waals surface area contributed by atoms with Crippen LogP contribution in [0.2, 0.25) is 0 Å². The summed E-state index contributed by atoms with van der Waals surface area (Å²) in [4.78, 5) is 6.52. The molecule has 3 nitrogen and oxygen atoms in total. The van der Waals surface area contributed by atoms with Gasteiger partial charge in [-0.1, -0.05) is 79.0 Å². The lowest BCUT2D eigenvalue weighted by molar-refractivity contribution is -0.351. The number of pyridine rings is 1. The molecule has 0 aliphatic rings. The average molecular weight is 409 g/mol. The van der Waals surface area contributed by atoms with E-state index in [-0.39, 0.29) is 5.41 Å². The van der Waals surface area contributed by atoms with Crippen LogP contribution in [0.4, 0.5) is 5.69 Å². The maximum absolute atomic E-state index is 4.50. The number of hydrogen-bond acceptors (Lipinski definition) is 2. The van der Waals surface area contributed by atoms with Gasteiger partial charge in [-0.25, -0.2) is 0 Å². The van der Waals surface area contributed by atoms with E-state index in [0.29, 0.717) is 5.92 Å². The van der Waals surface area contributed by atoms with Crippen molar-refractivity contribution in [3.05, 3.63) is 60.6 Å². The minimum Gasteiger partial charge on any atom is -0.379 e. The zero-order valence-electron chi connectivity index (χ0n) is 20.4. The minimum atomic E-state index is 0.0502. The molecule has 3 heteroatoms. The molecule has 0 saturated heterocycles. The SMILES string of the molecule is C=[N+](/C=C\N(C)C)c1cc(-c2ccccn2)ccc1C(C)(C)[C@H](C)CC.CCCC. The van der Waals surface area contributed by atoms with Crippen molar-refractivity contribution in [1.82, 2.24) is 9.88 Å². The zero-order chi connectivity index (χ0) is 22.7. The van der Waals surface area contributed by atoms with Crippen molar-refractivity contribution in [2.45, 2.75) is 66.2 Å². The van der Waals surface area contributed by atoms with Crippen molar-refractivity contribution < 1.29 is 4.58 Å². The fourth-order valence-corrected chi connectivity index (χ4v) is 3.08. The summed E-state index contributed by atoms with van der Waals surface area (Å²) in [5.74, 6) is 0.563. The van der Waals surface area contributed by atoms with Gasteiger partial charge in [-0.3, -0.25) is 4.98 Å². The van der Waals surface area contributed by atoms with Crippen LogP contribution in [0.15, 0.2) is 55.0 Å². The predicted molar refractivity (Wildman–Crippen MR) is 133 cm³/mol. The Bertz CT molecular complexity index is 802. The second kappa shape index (κ2) is 12.3. The molecule has 164 valence electrons. The number of nitrogens with zero attached hydrogens (tertiary/aromatic N) is 3. The number of hydrogen-bond donors (Lipinski definition) is 0. The summed E-state index contributed by atoms with van der Waals surface area (Å²) in [5.41, 5.74) is 4.57. The molecule has 0 unspecified atom stereocenters. The maximum atomic E-state index is 4.50. The Morgan fingerprint density at radius 1 is 1.10 bits per heavy atom. The molecule has 0 aliphatic carbocycles. The van der Waals surface area contributed by atoms with Gasteiger partial charge in [-0.2, -0.15) is 4.58 Å². The van der Waals surface area contributed by atoms with E-state index in [1.165, 1.54) is 18.4 Å². The highest BCUT2D eigenvalue weighted by Crippen LogP contribution is 2.40. The van der Waals surface area contributed by atoms with Crippen LogP contribution in [-0.4, -0.2) is 35.3 Å². The highest BCUT2D eigenvalue weighted by atomic mass is 15.1. The molecule has 1 atom stereocenters. The summed E-state index contributed by atoms with van der Waals surface area (Å²) in [6.45, 7) is 17.9. The predicted octanol–water partition coefficient (Wildman–Crippen LogP) is 7.26. The molecular weight excluding hydrogens is 366 g/mol. The van der Waals surface area contributed by atoms with Gasteiger partial charge < -0.3 is 4.90 Å². The lowest BCUT2D eigenvalue weighted by Crippen LogP contribution is -2.27. The fraction of sp³-hybridized carbons (Fsp3) is 0.481. The molecule has 0 N–H and O–H groups in total. The minimum absolute atomic E-state index is 0.0502. The summed E-state index contributed by atoms with van der Waals surface area (Å²) in [7, 11) is 4.03. The number of benzene rings is 1. The Balaban J connectivity index is 0.00000103. The van der Waals surface area contributed by atoms with E-state index in [1.54, 1.807) is 0 Å². The topological polar surface area (TPSA) is 19.1 Å². The summed E-state index contributed by atoms with van der Waals surface area (Å²) in [5, 5.41) is 0. The van der Waals surface area contributed by atoms with E-state index >= 15 is 0 Å². The van der Waals surface area contributed by atoms with Crippen LogP contribution < -0.4 is 0 Å². The lowest BCUT2D eigenvalue weighted by atomic mass is 9.72. The second-order valence-corrected chi connectivity index (χ2v) is 8.71. The highest BCUT2D eigenvalue weighted by Gasteiger charge is 2.32. The van der Waals surface area contributed by atoms with Crippen molar-refractivity contribution >= 4 is 12.4 Å². The molecule has 30 heavy (non-hydrogen) atoms. The molecule has 0 bridgehead atoms. The first-order chi connectivity index (χ1) is 14.2. The standard InChI is InChI=1S/C23H32N3.C4H10/c1-8-18(2)23(3,4)20-13-12-19(21-11-9-10-14-24-21)17-22(20)26(7)16-15-25(5)6;1-3-4-2/h9-18H,7-8H2,1-6H3;3-4H2,1-2H3/q+1;/b16-15-;/t18-;/m1./s1. The third-order valence-corrected chi connectivity index (χ3v) is 5.85. The zero-order valence-corrected chi connectivity index (χ0v) is 20.4. The molecule has 0 saturated carbocycles. The second-order valence-electron chi connectivity index (χ2n) is 8.71. The molecule has 1 aromatic heterocycles. The molecular formula is C27H42N3+. The van der Waals surface area contributed by atoms with Gasteiger partial charge in [0.2, 0.25) is 5.69 Å². The van der Waals surface area contributed by atoms with Crippen molar-refractivity contribution in [2.75, 3.05) is 14.1 Å². The average Bonchev–Trinajstić information content (AvgIpc) is 2.77. The molecule has 2 aromatic rings. The number of rotatable bonds is 8. The van der Waals surface area contributed by atoms with E-state index in [4.69, 9.17) is 0 Å². The van der Waals surface area contributed by atoms with Crippen LogP contribution >= 0.6 is 0 Å². The lowest BCUT2D eigenvalue weighted by Gasteiger charge is -2.32. The van der Waals surface area contributed by atoms with E-state index in [1.807, 2.05) is 60.4 Å². The highest BCUT2D eigenvalue weighted by molar-refractivity contribution is 5.65. The Morgan fingerprint density at radius 3 is 2.27 bits per heavy atom. The van der Waals surface area contributed by atoms with Crippen LogP contribution in [0.25, 0.3) is 11.3 Å². The molecule has 0 spiro atoms. The first-order valence-corrected chi connectivity index (χ1v) is 11.2. The van der Waals surface area contributed by atoms with Gasteiger partial charge >= 0.3 is 0 Å². The monoisotopic (exact) mass is 408 g/mol. The molecule has 1 aromatic carbocycles. The normalized spacial score (nSPS) is 12.3. The van der Waals surface area contributed by atoms with Gasteiger partial charge in [-0.15, -0.1) is 0 Å². The first-order valence-electron chi connectivity index (χ1n) is 11.2. The van der Waals surface area contributed by atoms with E-state index in [0.717, 1.165) is 23.4 Å². The summed E-state index contributed by atoms with van der Waals surface area (Å²) in [6, 6.07) is 12.6. The van der Waals surface area contributed by atoms with Gasteiger partial charge in [0.05, 0.1) is 11.9 Å². The first kappa shape index (κ1) is 25.6. The van der Waals surface area contributed by atoms with Crippen LogP contribution in [-0.2, 0) is 5.41 Å². The van der Waals surface area contributed by atoms with Crippen LogP contribution in [0.3, 0.4) is 0 Å². The van der Waals surface area contributed by atoms with Gasteiger partial charge in [-0.05, 0) is 23.5 Å². The van der Waals surface area contributed by atoms with Crippen molar-refractivity contribution in [3.63, 3.8) is 0 Å². The molecule has 0 fully saturated rings. The number of aromatic nitrogens is 1. The Kier molecular flexibility index (Phi) is 10.5. The number of unbranched alkanes of at least 4 members (excludes halogenated alkanes) is 1. The smallest absolute Gasteiger partial charge is 0.214 e. The third kappa shape index (κ3) is 7.12. The largest absolute Gasteiger partial charge is 0.379 e. The maximum Gasteiger partial charge on any atom is 0.214 e. The van der Waals surface area contributed by atoms with Crippen molar-refractivity contribution in [2.24, 2.45) is 5.92 Å². The molecule has 0 radical (unpaired) electrons. The quantitative estimate of drug-likeness (QED) is 0.338.